The first-order valence-electron chi connectivity index (χ1n) is 7.46. The number of amides is 1. The molecule has 0 bridgehead atoms. The zero-order chi connectivity index (χ0) is 17.5. The second-order valence-corrected chi connectivity index (χ2v) is 5.42. The fourth-order valence-corrected chi connectivity index (χ4v) is 2.68. The fraction of sp³-hybridized carbons (Fsp3) is 0.400. The van der Waals surface area contributed by atoms with E-state index in [9.17, 15) is 9.59 Å². The maximum Gasteiger partial charge on any atom is 0.306 e. The minimum Gasteiger partial charge on any atom is -0.483 e. The van der Waals surface area contributed by atoms with Crippen molar-refractivity contribution in [2.24, 2.45) is 5.92 Å². The van der Waals surface area contributed by atoms with Gasteiger partial charge >= 0.3 is 5.97 Å². The summed E-state index contributed by atoms with van der Waals surface area (Å²) in [7, 11) is 0. The summed E-state index contributed by atoms with van der Waals surface area (Å²) in [4.78, 5) is 39.7. The monoisotopic (exact) mass is 334 g/mol. The van der Waals surface area contributed by atoms with Crippen LogP contribution in [0, 0.1) is 5.92 Å². The number of nitrogens with one attached hydrogen (secondary N) is 1. The number of imidazole rings is 1. The Balaban J connectivity index is 0.000000647. The number of aliphatic carboxylic acids is 1. The summed E-state index contributed by atoms with van der Waals surface area (Å²) in [6.45, 7) is -0.250. The van der Waals surface area contributed by atoms with Crippen molar-refractivity contribution in [2.45, 2.75) is 31.7 Å². The van der Waals surface area contributed by atoms with Gasteiger partial charge in [-0.2, -0.15) is 0 Å². The molecule has 1 aliphatic carbocycles. The first-order valence-corrected chi connectivity index (χ1v) is 7.46. The van der Waals surface area contributed by atoms with Crippen molar-refractivity contribution >= 4 is 24.1 Å². The number of nitrogens with zero attached hydrogens (tertiary/aromatic N) is 3. The highest BCUT2D eigenvalue weighted by molar-refractivity contribution is 5.92. The Morgan fingerprint density at radius 3 is 2.54 bits per heavy atom. The molecule has 0 radical (unpaired) electrons. The molecule has 2 aromatic heterocycles. The second kappa shape index (κ2) is 8.04. The van der Waals surface area contributed by atoms with E-state index in [2.05, 4.69) is 15.3 Å². The number of carboxylic acid groups (broad SMARTS) is 2. The number of fused-ring (bicyclic) bond motifs is 1. The second-order valence-electron chi connectivity index (χ2n) is 5.42. The molecule has 1 aliphatic rings. The first kappa shape index (κ1) is 17.4. The van der Waals surface area contributed by atoms with Crippen LogP contribution in [0.4, 0.5) is 0 Å². The van der Waals surface area contributed by atoms with Crippen molar-refractivity contribution in [3.63, 3.8) is 0 Å². The molecule has 3 rings (SSSR count). The van der Waals surface area contributed by atoms with Crippen LogP contribution in [0.1, 0.15) is 36.2 Å². The van der Waals surface area contributed by atoms with Crippen LogP contribution in [0.15, 0.2) is 24.7 Å². The number of hydrogen-bond donors (Lipinski definition) is 3. The van der Waals surface area contributed by atoms with Crippen LogP contribution in [-0.4, -0.2) is 49.0 Å². The summed E-state index contributed by atoms with van der Waals surface area (Å²) in [5, 5.41) is 18.8. The van der Waals surface area contributed by atoms with Crippen LogP contribution in [0.2, 0.25) is 0 Å². The number of hydrogen-bond acceptors (Lipinski definition) is 5. The standard InChI is InChI=1S/C14H16N4O3.CH2O2/c19-12(11-8-18-7-1-6-15-14(18)17-11)16-10-4-2-9(3-5-10)13(20)21;2-1-3/h1,6-10H,2-5H2,(H,16,19)(H,20,21);1H,(H,2,3). The number of aromatic nitrogens is 3. The van der Waals surface area contributed by atoms with Gasteiger partial charge in [0.05, 0.1) is 5.92 Å². The Kier molecular flexibility index (Phi) is 5.83. The van der Waals surface area contributed by atoms with Crippen LogP contribution >= 0.6 is 0 Å². The molecule has 2 heterocycles. The van der Waals surface area contributed by atoms with E-state index in [4.69, 9.17) is 15.0 Å². The Labute approximate surface area is 137 Å². The Bertz CT molecular complexity index is 688. The average Bonchev–Trinajstić information content (AvgIpc) is 3.00. The van der Waals surface area contributed by atoms with Gasteiger partial charge < -0.3 is 15.5 Å². The minimum atomic E-state index is -0.744. The third-order valence-electron chi connectivity index (χ3n) is 3.88. The van der Waals surface area contributed by atoms with E-state index in [1.54, 1.807) is 29.1 Å². The molecule has 1 amide bonds. The minimum absolute atomic E-state index is 0.0193. The molecule has 0 aliphatic heterocycles. The lowest BCUT2D eigenvalue weighted by Crippen LogP contribution is -2.38. The average molecular weight is 334 g/mol. The zero-order valence-electron chi connectivity index (χ0n) is 12.8. The maximum absolute atomic E-state index is 12.2. The van der Waals surface area contributed by atoms with Crippen molar-refractivity contribution < 1.29 is 24.6 Å². The maximum atomic E-state index is 12.2. The molecule has 1 saturated carbocycles. The van der Waals surface area contributed by atoms with Crippen molar-refractivity contribution in [1.29, 1.82) is 0 Å². The summed E-state index contributed by atoms with van der Waals surface area (Å²) in [5.74, 6) is -0.778. The molecular weight excluding hydrogens is 316 g/mol. The van der Waals surface area contributed by atoms with E-state index in [-0.39, 0.29) is 24.3 Å². The molecule has 0 unspecified atom stereocenters. The molecule has 2 aromatic rings. The molecule has 9 heteroatoms. The molecule has 0 atom stereocenters. The summed E-state index contributed by atoms with van der Waals surface area (Å²) < 4.78 is 1.69. The van der Waals surface area contributed by atoms with E-state index in [0.717, 1.165) is 0 Å². The van der Waals surface area contributed by atoms with Crippen LogP contribution in [-0.2, 0) is 9.59 Å². The predicted molar refractivity (Wildman–Crippen MR) is 82.5 cm³/mol. The van der Waals surface area contributed by atoms with E-state index < -0.39 is 5.97 Å². The van der Waals surface area contributed by atoms with Crippen LogP contribution in [0.25, 0.3) is 5.78 Å². The SMILES string of the molecule is O=C(NC1CCC(C(=O)O)CC1)c1cn2cccnc2n1.O=CO. The van der Waals surface area contributed by atoms with Crippen LogP contribution in [0.3, 0.4) is 0 Å². The van der Waals surface area contributed by atoms with Gasteiger partial charge in [0.15, 0.2) is 0 Å². The van der Waals surface area contributed by atoms with Gasteiger partial charge in [-0.3, -0.25) is 18.8 Å². The molecule has 0 saturated heterocycles. The van der Waals surface area contributed by atoms with E-state index >= 15 is 0 Å². The lowest BCUT2D eigenvalue weighted by Gasteiger charge is -2.26. The summed E-state index contributed by atoms with van der Waals surface area (Å²) in [6, 6.07) is 1.79. The molecular formula is C15H18N4O5. The smallest absolute Gasteiger partial charge is 0.306 e. The van der Waals surface area contributed by atoms with Gasteiger partial charge in [0.2, 0.25) is 5.78 Å². The third-order valence-corrected chi connectivity index (χ3v) is 3.88. The van der Waals surface area contributed by atoms with Gasteiger partial charge in [0.1, 0.15) is 5.69 Å². The fourth-order valence-electron chi connectivity index (χ4n) is 2.68. The third kappa shape index (κ3) is 4.28. The Morgan fingerprint density at radius 1 is 1.29 bits per heavy atom. The van der Waals surface area contributed by atoms with Gasteiger partial charge in [0, 0.05) is 24.6 Å². The van der Waals surface area contributed by atoms with E-state index in [1.807, 2.05) is 0 Å². The number of rotatable bonds is 3. The van der Waals surface area contributed by atoms with Crippen LogP contribution in [0.5, 0.6) is 0 Å². The van der Waals surface area contributed by atoms with Gasteiger partial charge in [-0.05, 0) is 31.7 Å². The largest absolute Gasteiger partial charge is 0.483 e. The molecule has 1 fully saturated rings. The highest BCUT2D eigenvalue weighted by Crippen LogP contribution is 2.24. The Hall–Kier alpha value is -2.97. The van der Waals surface area contributed by atoms with Gasteiger partial charge in [-0.25, -0.2) is 9.97 Å². The van der Waals surface area contributed by atoms with Crippen molar-refractivity contribution in [3.8, 4) is 0 Å². The van der Waals surface area contributed by atoms with E-state index in [0.29, 0.717) is 37.2 Å². The normalized spacial score (nSPS) is 19.8. The van der Waals surface area contributed by atoms with Crippen LogP contribution < -0.4 is 5.32 Å². The van der Waals surface area contributed by atoms with Gasteiger partial charge in [-0.15, -0.1) is 0 Å². The van der Waals surface area contributed by atoms with E-state index in [1.165, 1.54) is 0 Å². The summed E-state index contributed by atoms with van der Waals surface area (Å²) in [6.07, 6.45) is 7.63. The molecule has 128 valence electrons. The quantitative estimate of drug-likeness (QED) is 0.707. The highest BCUT2D eigenvalue weighted by atomic mass is 16.4. The summed E-state index contributed by atoms with van der Waals surface area (Å²) >= 11 is 0. The van der Waals surface area contributed by atoms with Gasteiger partial charge in [0.25, 0.3) is 12.4 Å². The summed E-state index contributed by atoms with van der Waals surface area (Å²) in [5.41, 5.74) is 0.328. The van der Waals surface area contributed by atoms with Crippen molar-refractivity contribution in [1.82, 2.24) is 19.7 Å². The first-order chi connectivity index (χ1) is 11.5. The molecule has 24 heavy (non-hydrogen) atoms. The molecule has 3 N–H and O–H groups in total. The van der Waals surface area contributed by atoms with Gasteiger partial charge in [-0.1, -0.05) is 0 Å². The molecule has 9 nitrogen and oxygen atoms in total. The molecule has 0 spiro atoms. The number of carbonyl (C=O) groups is 3. The number of carbonyl (C=O) groups excluding carboxylic acids is 1. The van der Waals surface area contributed by atoms with Crippen molar-refractivity contribution in [2.75, 3.05) is 0 Å². The van der Waals surface area contributed by atoms with Crippen molar-refractivity contribution in [3.05, 3.63) is 30.4 Å². The Morgan fingerprint density at radius 2 is 1.96 bits per heavy atom. The molecule has 0 aromatic carbocycles. The predicted octanol–water partition coefficient (Wildman–Crippen LogP) is 0.803. The lowest BCUT2D eigenvalue weighted by atomic mass is 9.86. The topological polar surface area (TPSA) is 134 Å². The lowest BCUT2D eigenvalue weighted by molar-refractivity contribution is -0.142. The zero-order valence-corrected chi connectivity index (χ0v) is 12.8. The highest BCUT2D eigenvalue weighted by Gasteiger charge is 2.27. The number of carboxylic acids is 1.